The SMILES string of the molecule is CCOC(=O)c1c(NC(=O)COC(=O)COc2ccc(N(C)S(=O)(=O)c3ccc4ccccc4c3)cc2)sc2c1CCCC2. The Hall–Kier alpha value is -4.42. The van der Waals surface area contributed by atoms with Gasteiger partial charge in [0, 0.05) is 11.9 Å². The molecule has 0 radical (unpaired) electrons. The molecule has 44 heavy (non-hydrogen) atoms. The summed E-state index contributed by atoms with van der Waals surface area (Å²) in [5.41, 5.74) is 1.71. The van der Waals surface area contributed by atoms with Gasteiger partial charge in [0.2, 0.25) is 0 Å². The van der Waals surface area contributed by atoms with Gasteiger partial charge in [0.1, 0.15) is 10.8 Å². The highest BCUT2D eigenvalue weighted by Crippen LogP contribution is 2.38. The number of sulfonamides is 1. The number of thiophene rings is 1. The van der Waals surface area contributed by atoms with Crippen LogP contribution < -0.4 is 14.4 Å². The van der Waals surface area contributed by atoms with Crippen LogP contribution in [0.5, 0.6) is 5.75 Å². The molecular weight excluding hydrogens is 604 g/mol. The highest BCUT2D eigenvalue weighted by molar-refractivity contribution is 7.92. The Kier molecular flexibility index (Phi) is 9.50. The van der Waals surface area contributed by atoms with Crippen LogP contribution in [0.4, 0.5) is 10.7 Å². The quantitative estimate of drug-likeness (QED) is 0.219. The van der Waals surface area contributed by atoms with Crippen LogP contribution in [-0.2, 0) is 41.9 Å². The van der Waals surface area contributed by atoms with Crippen molar-refractivity contribution in [2.75, 3.05) is 36.5 Å². The maximum absolute atomic E-state index is 13.2. The topological polar surface area (TPSA) is 128 Å². The molecule has 1 aromatic heterocycles. The van der Waals surface area contributed by atoms with Crippen molar-refractivity contribution >= 4 is 60.7 Å². The van der Waals surface area contributed by atoms with Crippen LogP contribution in [-0.4, -0.2) is 53.1 Å². The monoisotopic (exact) mass is 636 g/mol. The summed E-state index contributed by atoms with van der Waals surface area (Å²) in [4.78, 5) is 38.6. The van der Waals surface area contributed by atoms with Gasteiger partial charge in [-0.3, -0.25) is 9.10 Å². The van der Waals surface area contributed by atoms with Gasteiger partial charge in [-0.2, -0.15) is 0 Å². The lowest BCUT2D eigenvalue weighted by atomic mass is 9.95. The maximum atomic E-state index is 13.2. The lowest BCUT2D eigenvalue weighted by molar-refractivity contribution is -0.149. The molecule has 0 saturated heterocycles. The van der Waals surface area contributed by atoms with Crippen molar-refractivity contribution in [3.63, 3.8) is 0 Å². The van der Waals surface area contributed by atoms with Crippen LogP contribution in [0.3, 0.4) is 0 Å². The lowest BCUT2D eigenvalue weighted by Gasteiger charge is -2.20. The zero-order chi connectivity index (χ0) is 31.3. The van der Waals surface area contributed by atoms with Crippen molar-refractivity contribution < 1.29 is 37.0 Å². The minimum absolute atomic E-state index is 0.168. The number of ether oxygens (including phenoxy) is 3. The van der Waals surface area contributed by atoms with E-state index < -0.39 is 41.1 Å². The Bertz CT molecular complexity index is 1800. The second-order valence-electron chi connectivity index (χ2n) is 10.1. The molecular formula is C32H32N2O8S2. The number of benzene rings is 3. The number of hydrogen-bond donors (Lipinski definition) is 1. The summed E-state index contributed by atoms with van der Waals surface area (Å²) in [5.74, 6) is -1.51. The number of aryl methyl sites for hydroxylation is 1. The number of fused-ring (bicyclic) bond motifs is 2. The average molecular weight is 637 g/mol. The molecule has 1 heterocycles. The van der Waals surface area contributed by atoms with Crippen molar-refractivity contribution in [3.05, 3.63) is 82.7 Å². The molecule has 0 saturated carbocycles. The van der Waals surface area contributed by atoms with E-state index in [9.17, 15) is 22.8 Å². The highest BCUT2D eigenvalue weighted by Gasteiger charge is 2.27. The Morgan fingerprint density at radius 1 is 0.909 bits per heavy atom. The third-order valence-corrected chi connectivity index (χ3v) is 10.2. The number of carbonyl (C=O) groups excluding carboxylic acids is 3. The predicted octanol–water partition coefficient (Wildman–Crippen LogP) is 5.34. The van der Waals surface area contributed by atoms with Crippen LogP contribution in [0.15, 0.2) is 71.6 Å². The number of carbonyl (C=O) groups is 3. The number of rotatable bonds is 11. The molecule has 1 aliphatic carbocycles. The fraction of sp³-hybridized carbons (Fsp3) is 0.281. The molecule has 0 bridgehead atoms. The third kappa shape index (κ3) is 6.87. The second-order valence-corrected chi connectivity index (χ2v) is 13.2. The molecule has 1 amide bonds. The second kappa shape index (κ2) is 13.5. The molecule has 0 aliphatic heterocycles. The van der Waals surface area contributed by atoms with E-state index in [1.54, 1.807) is 37.3 Å². The van der Waals surface area contributed by atoms with Gasteiger partial charge >= 0.3 is 11.9 Å². The van der Waals surface area contributed by atoms with Crippen molar-refractivity contribution in [2.45, 2.75) is 37.5 Å². The molecule has 4 aromatic rings. The van der Waals surface area contributed by atoms with Gasteiger partial charge in [-0.15, -0.1) is 11.3 Å². The van der Waals surface area contributed by atoms with E-state index in [1.165, 1.54) is 34.8 Å². The van der Waals surface area contributed by atoms with Crippen LogP contribution >= 0.6 is 11.3 Å². The van der Waals surface area contributed by atoms with Crippen LogP contribution in [0.25, 0.3) is 10.8 Å². The van der Waals surface area contributed by atoms with Gasteiger partial charge < -0.3 is 19.5 Å². The Labute approximate surface area is 259 Å². The fourth-order valence-corrected chi connectivity index (χ4v) is 7.47. The molecule has 0 unspecified atom stereocenters. The Morgan fingerprint density at radius 3 is 2.39 bits per heavy atom. The summed E-state index contributed by atoms with van der Waals surface area (Å²) in [5, 5.41) is 4.86. The normalized spacial score (nSPS) is 12.7. The van der Waals surface area contributed by atoms with Crippen LogP contribution in [0.2, 0.25) is 0 Å². The molecule has 12 heteroatoms. The van der Waals surface area contributed by atoms with Crippen molar-refractivity contribution in [3.8, 4) is 5.75 Å². The first kappa shape index (κ1) is 31.0. The number of nitrogens with zero attached hydrogens (tertiary/aromatic N) is 1. The largest absolute Gasteiger partial charge is 0.482 e. The molecule has 0 fully saturated rings. The van der Waals surface area contributed by atoms with E-state index in [2.05, 4.69) is 5.32 Å². The fourth-order valence-electron chi connectivity index (χ4n) is 4.94. The number of anilines is 2. The first-order chi connectivity index (χ1) is 21.2. The van der Waals surface area contributed by atoms with E-state index in [0.717, 1.165) is 46.9 Å². The zero-order valence-electron chi connectivity index (χ0n) is 24.3. The average Bonchev–Trinajstić information content (AvgIpc) is 3.40. The van der Waals surface area contributed by atoms with Gasteiger partial charge in [0.25, 0.3) is 15.9 Å². The van der Waals surface area contributed by atoms with E-state index in [1.807, 2.05) is 24.3 Å². The molecule has 0 spiro atoms. The summed E-state index contributed by atoms with van der Waals surface area (Å²) < 4.78 is 43.4. The smallest absolute Gasteiger partial charge is 0.344 e. The number of hydrogen-bond acceptors (Lipinski definition) is 9. The van der Waals surface area contributed by atoms with E-state index in [0.29, 0.717) is 22.0 Å². The van der Waals surface area contributed by atoms with Crippen molar-refractivity contribution in [2.24, 2.45) is 0 Å². The first-order valence-electron chi connectivity index (χ1n) is 14.1. The van der Waals surface area contributed by atoms with Gasteiger partial charge in [-0.05, 0) is 85.3 Å². The Balaban J connectivity index is 1.13. The molecule has 0 atom stereocenters. The summed E-state index contributed by atoms with van der Waals surface area (Å²) in [6, 6.07) is 18.7. The van der Waals surface area contributed by atoms with Gasteiger partial charge in [-0.25, -0.2) is 18.0 Å². The summed E-state index contributed by atoms with van der Waals surface area (Å²) in [7, 11) is -2.35. The van der Waals surface area contributed by atoms with Crippen molar-refractivity contribution in [1.82, 2.24) is 0 Å². The number of nitrogens with one attached hydrogen (secondary N) is 1. The van der Waals surface area contributed by atoms with Crippen molar-refractivity contribution in [1.29, 1.82) is 0 Å². The maximum Gasteiger partial charge on any atom is 0.344 e. The van der Waals surface area contributed by atoms with E-state index in [4.69, 9.17) is 14.2 Å². The minimum Gasteiger partial charge on any atom is -0.482 e. The third-order valence-electron chi connectivity index (χ3n) is 7.20. The van der Waals surface area contributed by atoms with Gasteiger partial charge in [0.15, 0.2) is 13.2 Å². The number of esters is 2. The highest BCUT2D eigenvalue weighted by atomic mass is 32.2. The van der Waals surface area contributed by atoms with Gasteiger partial charge in [-0.1, -0.05) is 30.3 Å². The first-order valence-corrected chi connectivity index (χ1v) is 16.4. The summed E-state index contributed by atoms with van der Waals surface area (Å²) >= 11 is 1.35. The van der Waals surface area contributed by atoms with Gasteiger partial charge in [0.05, 0.1) is 22.8 Å². The molecule has 1 N–H and O–H groups in total. The van der Waals surface area contributed by atoms with Crippen LogP contribution in [0, 0.1) is 0 Å². The summed E-state index contributed by atoms with van der Waals surface area (Å²) in [6.45, 7) is 0.933. The summed E-state index contributed by atoms with van der Waals surface area (Å²) in [6.07, 6.45) is 3.57. The number of amides is 1. The Morgan fingerprint density at radius 2 is 1.64 bits per heavy atom. The molecule has 5 rings (SSSR count). The molecule has 3 aromatic carbocycles. The molecule has 10 nitrogen and oxygen atoms in total. The van der Waals surface area contributed by atoms with Crippen LogP contribution in [0.1, 0.15) is 40.6 Å². The molecule has 230 valence electrons. The lowest BCUT2D eigenvalue weighted by Crippen LogP contribution is -2.26. The standard InChI is InChI=1S/C32H32N2O8S2/c1-3-40-32(37)30-26-10-6-7-11-27(26)43-31(30)33-28(35)19-42-29(36)20-41-24-15-13-23(14-16-24)34(2)44(38,39)25-17-12-21-8-4-5-9-22(21)18-25/h4-5,8-9,12-18H,3,6-7,10-11,19-20H2,1-2H3,(H,33,35). The minimum atomic E-state index is -3.82. The predicted molar refractivity (Wildman–Crippen MR) is 168 cm³/mol. The van der Waals surface area contributed by atoms with E-state index >= 15 is 0 Å². The zero-order valence-corrected chi connectivity index (χ0v) is 26.0. The molecule has 1 aliphatic rings. The van der Waals surface area contributed by atoms with E-state index in [-0.39, 0.29) is 11.5 Å².